The minimum Gasteiger partial charge on any atom is -0.323 e. The van der Waals surface area contributed by atoms with E-state index >= 15 is 0 Å². The Balaban J connectivity index is 1.99. The Morgan fingerprint density at radius 3 is 2.95 bits per heavy atom. The van der Waals surface area contributed by atoms with E-state index in [1.165, 1.54) is 18.2 Å². The Morgan fingerprint density at radius 1 is 1.52 bits per heavy atom. The van der Waals surface area contributed by atoms with Gasteiger partial charge in [-0.25, -0.2) is 4.39 Å². The third kappa shape index (κ3) is 4.15. The molecule has 0 radical (unpaired) electrons. The van der Waals surface area contributed by atoms with Crippen LogP contribution in [0.1, 0.15) is 19.8 Å². The molecule has 1 amide bonds. The van der Waals surface area contributed by atoms with E-state index in [0.29, 0.717) is 11.7 Å². The highest BCUT2D eigenvalue weighted by atomic mass is 35.5. The van der Waals surface area contributed by atoms with Gasteiger partial charge in [0.15, 0.2) is 0 Å². The lowest BCUT2D eigenvalue weighted by atomic mass is 10.0. The monoisotopic (exact) mass is 313 g/mol. The van der Waals surface area contributed by atoms with E-state index in [0.717, 1.165) is 25.9 Å². The van der Waals surface area contributed by atoms with Gasteiger partial charge in [0.25, 0.3) is 0 Å². The summed E-state index contributed by atoms with van der Waals surface area (Å²) < 4.78 is 13.0. The zero-order chi connectivity index (χ0) is 15.4. The molecule has 1 aliphatic rings. The summed E-state index contributed by atoms with van der Waals surface area (Å²) in [5.41, 5.74) is 0.442. The van der Waals surface area contributed by atoms with Crippen LogP contribution in [0, 0.1) is 5.82 Å². The van der Waals surface area contributed by atoms with E-state index in [4.69, 9.17) is 11.6 Å². The van der Waals surface area contributed by atoms with Crippen LogP contribution in [-0.2, 0) is 4.79 Å². The van der Waals surface area contributed by atoms with Crippen LogP contribution in [0.25, 0.3) is 0 Å². The number of halogens is 2. The van der Waals surface area contributed by atoms with Crippen molar-refractivity contribution in [3.63, 3.8) is 0 Å². The van der Waals surface area contributed by atoms with E-state index in [-0.39, 0.29) is 17.0 Å². The normalized spacial score (nSPS) is 21.0. The molecule has 2 N–H and O–H groups in total. The van der Waals surface area contributed by atoms with Crippen molar-refractivity contribution in [2.45, 2.75) is 31.8 Å². The maximum Gasteiger partial charge on any atom is 0.241 e. The predicted octanol–water partition coefficient (Wildman–Crippen LogP) is 2.49. The number of hydrogen-bond acceptors (Lipinski definition) is 3. The first kappa shape index (κ1) is 16.2. The van der Waals surface area contributed by atoms with Crippen molar-refractivity contribution in [3.05, 3.63) is 29.0 Å². The molecule has 6 heteroatoms. The highest BCUT2D eigenvalue weighted by Crippen LogP contribution is 2.23. The van der Waals surface area contributed by atoms with Gasteiger partial charge >= 0.3 is 0 Å². The lowest BCUT2D eigenvalue weighted by Gasteiger charge is -2.35. The predicted molar refractivity (Wildman–Crippen MR) is 83.2 cm³/mol. The zero-order valence-electron chi connectivity index (χ0n) is 12.3. The Bertz CT molecular complexity index is 512. The lowest BCUT2D eigenvalue weighted by Crippen LogP contribution is -2.51. The van der Waals surface area contributed by atoms with Crippen LogP contribution in [0.4, 0.5) is 10.1 Å². The van der Waals surface area contributed by atoms with Crippen molar-refractivity contribution in [2.24, 2.45) is 0 Å². The van der Waals surface area contributed by atoms with Crippen molar-refractivity contribution in [2.75, 3.05) is 25.5 Å². The molecule has 4 nitrogen and oxygen atoms in total. The third-order valence-electron chi connectivity index (χ3n) is 3.98. The molecule has 0 aromatic heterocycles. The van der Waals surface area contributed by atoms with E-state index in [2.05, 4.69) is 15.5 Å². The Labute approximate surface area is 129 Å². The second-order valence-corrected chi connectivity index (χ2v) is 5.82. The number of piperidine rings is 1. The first-order valence-electron chi connectivity index (χ1n) is 7.18. The third-order valence-corrected chi connectivity index (χ3v) is 4.29. The molecule has 1 saturated heterocycles. The number of hydrogen-bond donors (Lipinski definition) is 2. The number of nitrogens with one attached hydrogen (secondary N) is 2. The molecule has 2 unspecified atom stereocenters. The average Bonchev–Trinajstić information content (AvgIpc) is 2.49. The highest BCUT2D eigenvalue weighted by molar-refractivity contribution is 6.33. The van der Waals surface area contributed by atoms with Crippen LogP contribution < -0.4 is 10.6 Å². The topological polar surface area (TPSA) is 44.4 Å². The molecule has 116 valence electrons. The summed E-state index contributed by atoms with van der Waals surface area (Å²) in [6.45, 7) is 3.64. The van der Waals surface area contributed by atoms with Crippen LogP contribution in [0.2, 0.25) is 5.02 Å². The van der Waals surface area contributed by atoms with Crippen molar-refractivity contribution in [3.8, 4) is 0 Å². The van der Waals surface area contributed by atoms with Gasteiger partial charge in [0, 0.05) is 12.6 Å². The van der Waals surface area contributed by atoms with Gasteiger partial charge in [-0.1, -0.05) is 11.6 Å². The largest absolute Gasteiger partial charge is 0.323 e. The molecule has 0 saturated carbocycles. The first-order valence-corrected chi connectivity index (χ1v) is 7.56. The molecule has 1 aromatic carbocycles. The van der Waals surface area contributed by atoms with Crippen molar-refractivity contribution in [1.82, 2.24) is 10.2 Å². The number of likely N-dealkylation sites (tertiary alicyclic amines) is 1. The number of rotatable bonds is 4. The quantitative estimate of drug-likeness (QED) is 0.897. The van der Waals surface area contributed by atoms with Crippen molar-refractivity contribution in [1.29, 1.82) is 0 Å². The molecule has 21 heavy (non-hydrogen) atoms. The summed E-state index contributed by atoms with van der Waals surface area (Å²) in [4.78, 5) is 14.5. The maximum absolute atomic E-state index is 13.0. The van der Waals surface area contributed by atoms with Gasteiger partial charge in [-0.15, -0.1) is 0 Å². The number of carbonyl (C=O) groups excluding carboxylic acids is 1. The van der Waals surface area contributed by atoms with E-state index in [1.807, 2.05) is 14.0 Å². The minimum absolute atomic E-state index is 0.125. The van der Waals surface area contributed by atoms with Crippen molar-refractivity contribution >= 4 is 23.2 Å². The molecule has 1 aromatic rings. The standard InChI is InChI=1S/C15H21ClFN3O/c1-10(20-7-3-4-12(9-20)18-2)15(21)19-14-6-5-11(17)8-13(14)16/h5-6,8,10,12,18H,3-4,7,9H2,1-2H3,(H,19,21). The van der Waals surface area contributed by atoms with Gasteiger partial charge in [0.05, 0.1) is 16.8 Å². The Hall–Kier alpha value is -1.17. The molecule has 1 heterocycles. The molecule has 1 fully saturated rings. The Morgan fingerprint density at radius 2 is 2.29 bits per heavy atom. The van der Waals surface area contributed by atoms with Gasteiger partial charge in [-0.3, -0.25) is 9.69 Å². The SMILES string of the molecule is CNC1CCCN(C(C)C(=O)Nc2ccc(F)cc2Cl)C1. The number of likely N-dealkylation sites (N-methyl/N-ethyl adjacent to an activating group) is 1. The van der Waals surface area contributed by atoms with Gasteiger partial charge in [0.1, 0.15) is 5.82 Å². The van der Waals surface area contributed by atoms with Gasteiger partial charge in [-0.05, 0) is 51.6 Å². The fraction of sp³-hybridized carbons (Fsp3) is 0.533. The summed E-state index contributed by atoms with van der Waals surface area (Å²) in [6, 6.07) is 4.13. The molecular weight excluding hydrogens is 293 g/mol. The molecule has 0 bridgehead atoms. The van der Waals surface area contributed by atoms with Crippen LogP contribution in [-0.4, -0.2) is 43.0 Å². The molecule has 0 spiro atoms. The second kappa shape index (κ2) is 7.20. The van der Waals surface area contributed by atoms with Crippen LogP contribution in [0.5, 0.6) is 0 Å². The lowest BCUT2D eigenvalue weighted by molar-refractivity contribution is -0.121. The molecule has 2 rings (SSSR count). The fourth-order valence-electron chi connectivity index (χ4n) is 2.59. The summed E-state index contributed by atoms with van der Waals surface area (Å²) >= 11 is 5.93. The molecule has 2 atom stereocenters. The maximum atomic E-state index is 13.0. The number of anilines is 1. The van der Waals surface area contributed by atoms with Gasteiger partial charge in [-0.2, -0.15) is 0 Å². The average molecular weight is 314 g/mol. The molecule has 0 aliphatic carbocycles. The highest BCUT2D eigenvalue weighted by Gasteiger charge is 2.27. The fourth-order valence-corrected chi connectivity index (χ4v) is 2.80. The molecular formula is C15H21ClFN3O. The number of benzene rings is 1. The van der Waals surface area contributed by atoms with E-state index < -0.39 is 5.82 Å². The summed E-state index contributed by atoms with van der Waals surface area (Å²) in [6.07, 6.45) is 2.20. The second-order valence-electron chi connectivity index (χ2n) is 5.41. The van der Waals surface area contributed by atoms with Gasteiger partial charge in [0.2, 0.25) is 5.91 Å². The number of carbonyl (C=O) groups is 1. The van der Waals surface area contributed by atoms with Crippen molar-refractivity contribution < 1.29 is 9.18 Å². The first-order chi connectivity index (χ1) is 10.0. The van der Waals surface area contributed by atoms with E-state index in [9.17, 15) is 9.18 Å². The van der Waals surface area contributed by atoms with E-state index in [1.54, 1.807) is 0 Å². The number of nitrogens with zero attached hydrogens (tertiary/aromatic N) is 1. The van der Waals surface area contributed by atoms with Gasteiger partial charge < -0.3 is 10.6 Å². The van der Waals surface area contributed by atoms with Crippen LogP contribution >= 0.6 is 11.6 Å². The Kier molecular flexibility index (Phi) is 5.56. The zero-order valence-corrected chi connectivity index (χ0v) is 13.1. The summed E-state index contributed by atoms with van der Waals surface area (Å²) in [5, 5.41) is 6.23. The number of amides is 1. The molecule has 1 aliphatic heterocycles. The van der Waals surface area contributed by atoms with Crippen LogP contribution in [0.15, 0.2) is 18.2 Å². The van der Waals surface area contributed by atoms with Crippen LogP contribution in [0.3, 0.4) is 0 Å². The minimum atomic E-state index is -0.418. The smallest absolute Gasteiger partial charge is 0.241 e. The summed E-state index contributed by atoms with van der Waals surface area (Å²) in [5.74, 6) is -0.542. The summed E-state index contributed by atoms with van der Waals surface area (Å²) in [7, 11) is 1.94.